The summed E-state index contributed by atoms with van der Waals surface area (Å²) >= 11 is 5.43. The molecule has 7 nitrogen and oxygen atoms in total. The third-order valence-electron chi connectivity index (χ3n) is 4.57. The first-order valence-electron chi connectivity index (χ1n) is 8.93. The highest BCUT2D eigenvalue weighted by Gasteiger charge is 2.10. The number of hydrogen-bond donors (Lipinski definition) is 3. The lowest BCUT2D eigenvalue weighted by molar-refractivity contribution is 0.102. The molecule has 0 unspecified atom stereocenters. The van der Waals surface area contributed by atoms with Gasteiger partial charge in [0.1, 0.15) is 0 Å². The van der Waals surface area contributed by atoms with Crippen molar-refractivity contribution in [1.82, 2.24) is 14.5 Å². The molecule has 0 aliphatic rings. The summed E-state index contributed by atoms with van der Waals surface area (Å²) in [6.07, 6.45) is 0. The fraction of sp³-hybridized carbons (Fsp3) is 0.0952. The molecule has 29 heavy (non-hydrogen) atoms. The van der Waals surface area contributed by atoms with Crippen LogP contribution in [0.4, 0.5) is 11.4 Å². The molecule has 0 atom stereocenters. The Balaban J connectivity index is 1.55. The predicted molar refractivity (Wildman–Crippen MR) is 116 cm³/mol. The van der Waals surface area contributed by atoms with E-state index in [9.17, 15) is 4.79 Å². The minimum Gasteiger partial charge on any atom is -0.481 e. The molecule has 0 aliphatic heterocycles. The molecule has 0 aliphatic carbocycles. The Morgan fingerprint density at radius 3 is 2.66 bits per heavy atom. The van der Waals surface area contributed by atoms with Crippen LogP contribution < -0.4 is 15.8 Å². The summed E-state index contributed by atoms with van der Waals surface area (Å²) in [5, 5.41) is 2.82. The van der Waals surface area contributed by atoms with Crippen molar-refractivity contribution in [1.29, 1.82) is 0 Å². The highest BCUT2D eigenvalue weighted by Crippen LogP contribution is 2.20. The van der Waals surface area contributed by atoms with Crippen molar-refractivity contribution in [2.45, 2.75) is 6.54 Å². The standard InChI is InChI=1S/C21H19N5O2S/c1-28-18-11-10-17-19(25-18)26(21(29)24-17)12-13-6-8-14(9-7-13)20(27)23-16-5-3-2-4-15(16)22/h2-11H,12,22H2,1H3,(H,23,27)(H,24,29). The van der Waals surface area contributed by atoms with E-state index in [2.05, 4.69) is 15.3 Å². The van der Waals surface area contributed by atoms with E-state index >= 15 is 0 Å². The van der Waals surface area contributed by atoms with Crippen molar-refractivity contribution in [2.75, 3.05) is 18.2 Å². The number of pyridine rings is 1. The first-order valence-corrected chi connectivity index (χ1v) is 9.34. The molecule has 4 N–H and O–H groups in total. The molecule has 0 saturated carbocycles. The van der Waals surface area contributed by atoms with E-state index in [1.54, 1.807) is 37.4 Å². The average molecular weight is 405 g/mol. The molecule has 0 fully saturated rings. The Labute approximate surface area is 172 Å². The summed E-state index contributed by atoms with van der Waals surface area (Å²) in [5.41, 5.74) is 10.1. The Bertz CT molecular complexity index is 1240. The number of anilines is 2. The average Bonchev–Trinajstić information content (AvgIpc) is 3.04. The molecule has 146 valence electrons. The SMILES string of the molecule is COc1ccc2[nH]c(=S)n(Cc3ccc(C(=O)Nc4ccccc4N)cc3)c2n1. The van der Waals surface area contributed by atoms with Crippen molar-refractivity contribution in [2.24, 2.45) is 0 Å². The number of imidazole rings is 1. The zero-order valence-corrected chi connectivity index (χ0v) is 16.5. The van der Waals surface area contributed by atoms with Gasteiger partial charge in [-0.2, -0.15) is 4.98 Å². The number of carbonyl (C=O) groups is 1. The monoisotopic (exact) mass is 405 g/mol. The van der Waals surface area contributed by atoms with Gasteiger partial charge in [0.15, 0.2) is 10.4 Å². The normalized spacial score (nSPS) is 10.8. The number of nitrogens with two attached hydrogens (primary N) is 1. The van der Waals surface area contributed by atoms with Gasteiger partial charge in [-0.1, -0.05) is 24.3 Å². The Morgan fingerprint density at radius 2 is 1.93 bits per heavy atom. The topological polar surface area (TPSA) is 98.0 Å². The number of ether oxygens (including phenoxy) is 1. The molecule has 2 aromatic heterocycles. The van der Waals surface area contributed by atoms with E-state index < -0.39 is 0 Å². The zero-order valence-electron chi connectivity index (χ0n) is 15.7. The molecule has 8 heteroatoms. The predicted octanol–water partition coefficient (Wildman–Crippen LogP) is 3.99. The van der Waals surface area contributed by atoms with Gasteiger partial charge in [-0.25, -0.2) is 0 Å². The number of methoxy groups -OCH3 is 1. The van der Waals surface area contributed by atoms with Crippen LogP contribution in [-0.2, 0) is 6.54 Å². The third-order valence-corrected chi connectivity index (χ3v) is 4.89. The number of aromatic amines is 1. The maximum Gasteiger partial charge on any atom is 0.255 e. The van der Waals surface area contributed by atoms with E-state index in [0.29, 0.717) is 34.1 Å². The fourth-order valence-corrected chi connectivity index (χ4v) is 3.28. The van der Waals surface area contributed by atoms with E-state index in [4.69, 9.17) is 22.7 Å². The molecule has 2 heterocycles. The number of fused-ring (bicyclic) bond motifs is 1. The van der Waals surface area contributed by atoms with Crippen molar-refractivity contribution in [3.05, 3.63) is 76.6 Å². The van der Waals surface area contributed by atoms with E-state index in [1.165, 1.54) is 0 Å². The van der Waals surface area contributed by atoms with Crippen LogP contribution in [0.2, 0.25) is 0 Å². The first kappa shape index (κ1) is 18.7. The third kappa shape index (κ3) is 3.83. The Morgan fingerprint density at radius 1 is 1.17 bits per heavy atom. The van der Waals surface area contributed by atoms with Gasteiger partial charge < -0.3 is 20.8 Å². The molecule has 0 spiro atoms. The molecule has 0 bridgehead atoms. The van der Waals surface area contributed by atoms with Gasteiger partial charge in [0.2, 0.25) is 5.88 Å². The maximum absolute atomic E-state index is 12.5. The number of nitrogen functional groups attached to an aromatic ring is 1. The van der Waals surface area contributed by atoms with Gasteiger partial charge >= 0.3 is 0 Å². The van der Waals surface area contributed by atoms with Crippen LogP contribution in [0.1, 0.15) is 15.9 Å². The summed E-state index contributed by atoms with van der Waals surface area (Å²) in [4.78, 5) is 20.1. The lowest BCUT2D eigenvalue weighted by atomic mass is 10.1. The van der Waals surface area contributed by atoms with Crippen LogP contribution >= 0.6 is 12.2 Å². The second-order valence-corrected chi connectivity index (χ2v) is 6.87. The number of H-pyrrole nitrogens is 1. The quantitative estimate of drug-likeness (QED) is 0.345. The lowest BCUT2D eigenvalue weighted by Crippen LogP contribution is -2.13. The molecule has 0 radical (unpaired) electrons. The van der Waals surface area contributed by atoms with Crippen LogP contribution in [0.15, 0.2) is 60.7 Å². The van der Waals surface area contributed by atoms with Crippen molar-refractivity contribution in [3.63, 3.8) is 0 Å². The van der Waals surface area contributed by atoms with Gasteiger partial charge in [-0.05, 0) is 48.1 Å². The number of amides is 1. The first-order chi connectivity index (χ1) is 14.0. The maximum atomic E-state index is 12.5. The second kappa shape index (κ2) is 7.76. The minimum atomic E-state index is -0.218. The largest absolute Gasteiger partial charge is 0.481 e. The van der Waals surface area contributed by atoms with Gasteiger partial charge in [-0.15, -0.1) is 0 Å². The van der Waals surface area contributed by atoms with Crippen molar-refractivity contribution >= 4 is 40.7 Å². The molecule has 0 saturated heterocycles. The van der Waals surface area contributed by atoms with Crippen LogP contribution in [-0.4, -0.2) is 27.6 Å². The number of aromatic nitrogens is 3. The Hall–Kier alpha value is -3.65. The number of nitrogens with one attached hydrogen (secondary N) is 2. The molecule has 4 aromatic rings. The summed E-state index contributed by atoms with van der Waals surface area (Å²) in [7, 11) is 1.58. The van der Waals surface area contributed by atoms with Crippen LogP contribution in [0, 0.1) is 4.77 Å². The summed E-state index contributed by atoms with van der Waals surface area (Å²) < 4.78 is 7.68. The van der Waals surface area contributed by atoms with Gasteiger partial charge in [0.05, 0.1) is 30.5 Å². The summed E-state index contributed by atoms with van der Waals surface area (Å²) in [6, 6.07) is 18.2. The Kier molecular flexibility index (Phi) is 5.01. The van der Waals surface area contributed by atoms with Crippen LogP contribution in [0.3, 0.4) is 0 Å². The number of para-hydroxylation sites is 2. The molecule has 4 rings (SSSR count). The van der Waals surface area contributed by atoms with E-state index in [-0.39, 0.29) is 5.91 Å². The summed E-state index contributed by atoms with van der Waals surface area (Å²) in [5.74, 6) is 0.303. The highest BCUT2D eigenvalue weighted by molar-refractivity contribution is 7.71. The van der Waals surface area contributed by atoms with E-state index in [1.807, 2.05) is 34.9 Å². The molecular weight excluding hydrogens is 386 g/mol. The number of rotatable bonds is 5. The summed E-state index contributed by atoms with van der Waals surface area (Å²) in [6.45, 7) is 0.520. The number of benzene rings is 2. The minimum absolute atomic E-state index is 0.218. The zero-order chi connectivity index (χ0) is 20.4. The van der Waals surface area contributed by atoms with Crippen LogP contribution in [0.25, 0.3) is 11.2 Å². The van der Waals surface area contributed by atoms with Crippen molar-refractivity contribution < 1.29 is 9.53 Å². The highest BCUT2D eigenvalue weighted by atomic mass is 32.1. The number of nitrogens with zero attached hydrogens (tertiary/aromatic N) is 2. The molecule has 2 aromatic carbocycles. The van der Waals surface area contributed by atoms with Gasteiger partial charge in [0.25, 0.3) is 5.91 Å². The van der Waals surface area contributed by atoms with Gasteiger partial charge in [0, 0.05) is 11.6 Å². The van der Waals surface area contributed by atoms with Crippen molar-refractivity contribution in [3.8, 4) is 5.88 Å². The van der Waals surface area contributed by atoms with E-state index in [0.717, 1.165) is 16.7 Å². The molecule has 1 amide bonds. The lowest BCUT2D eigenvalue weighted by Gasteiger charge is -2.09. The van der Waals surface area contributed by atoms with Gasteiger partial charge in [-0.3, -0.25) is 9.36 Å². The number of carbonyl (C=O) groups excluding carboxylic acids is 1. The fourth-order valence-electron chi connectivity index (χ4n) is 3.02. The van der Waals surface area contributed by atoms with Crippen LogP contribution in [0.5, 0.6) is 5.88 Å². The second-order valence-electron chi connectivity index (χ2n) is 6.48. The smallest absolute Gasteiger partial charge is 0.255 e. The molecular formula is C21H19N5O2S. The number of hydrogen-bond acceptors (Lipinski definition) is 5.